The van der Waals surface area contributed by atoms with Crippen molar-refractivity contribution in [3.8, 4) is 0 Å². The van der Waals surface area contributed by atoms with Crippen LogP contribution in [0, 0.1) is 6.92 Å². The van der Waals surface area contributed by atoms with E-state index in [1.807, 2.05) is 0 Å². The molecule has 1 N–H and O–H groups in total. The second kappa shape index (κ2) is 4.37. The Morgan fingerprint density at radius 2 is 1.26 bits per heavy atom. The maximum Gasteiger partial charge on any atom is 0.416 e. The summed E-state index contributed by atoms with van der Waals surface area (Å²) in [6.07, 6.45) is -10.4. The van der Waals surface area contributed by atoms with Crippen LogP contribution in [0.5, 0.6) is 0 Å². The van der Waals surface area contributed by atoms with E-state index in [1.165, 1.54) is 0 Å². The van der Waals surface area contributed by atoms with Crippen molar-refractivity contribution in [2.24, 2.45) is 0 Å². The summed E-state index contributed by atoms with van der Waals surface area (Å²) in [7, 11) is -5.19. The molecular formula is C9H6F6O3S. The van der Waals surface area contributed by atoms with Crippen LogP contribution in [0.1, 0.15) is 16.7 Å². The lowest BCUT2D eigenvalue weighted by atomic mass is 10.0. The lowest BCUT2D eigenvalue weighted by molar-refractivity contribution is -0.144. The average molecular weight is 308 g/mol. The molecule has 0 radical (unpaired) electrons. The van der Waals surface area contributed by atoms with Crippen molar-refractivity contribution < 1.29 is 39.3 Å². The fourth-order valence-electron chi connectivity index (χ4n) is 1.43. The maximum atomic E-state index is 12.5. The zero-order valence-corrected chi connectivity index (χ0v) is 9.91. The Balaban J connectivity index is 3.78. The van der Waals surface area contributed by atoms with Gasteiger partial charge in [0, 0.05) is 0 Å². The largest absolute Gasteiger partial charge is 0.416 e. The molecule has 0 spiro atoms. The van der Waals surface area contributed by atoms with Gasteiger partial charge < -0.3 is 0 Å². The Bertz CT molecular complexity index is 564. The molecule has 108 valence electrons. The summed E-state index contributed by atoms with van der Waals surface area (Å²) in [6.45, 7) is 0.569. The van der Waals surface area contributed by atoms with Crippen LogP contribution in [0.15, 0.2) is 17.0 Å². The van der Waals surface area contributed by atoms with E-state index in [1.54, 1.807) is 0 Å². The standard InChI is InChI=1S/C9H6F6O3S/c1-4-6(8(10,11)12)2-5(19(16,17)18)3-7(4)9(13,14)15/h2-3H,1H3,(H,16,17,18). The van der Waals surface area contributed by atoms with Gasteiger partial charge in [0.25, 0.3) is 10.1 Å². The second-order valence-corrected chi connectivity index (χ2v) is 5.04. The Morgan fingerprint density at radius 1 is 0.947 bits per heavy atom. The van der Waals surface area contributed by atoms with Gasteiger partial charge in [-0.2, -0.15) is 34.8 Å². The zero-order chi connectivity index (χ0) is 15.2. The third-order valence-corrected chi connectivity index (χ3v) is 3.12. The van der Waals surface area contributed by atoms with E-state index in [0.717, 1.165) is 0 Å². The van der Waals surface area contributed by atoms with Gasteiger partial charge in [0.1, 0.15) is 0 Å². The number of alkyl halides is 6. The fourth-order valence-corrected chi connectivity index (χ4v) is 1.96. The summed E-state index contributed by atoms with van der Waals surface area (Å²) in [5, 5.41) is 0. The van der Waals surface area contributed by atoms with Crippen LogP contribution < -0.4 is 0 Å². The van der Waals surface area contributed by atoms with Gasteiger partial charge in [-0.3, -0.25) is 4.55 Å². The average Bonchev–Trinajstić information content (AvgIpc) is 2.11. The van der Waals surface area contributed by atoms with Crippen LogP contribution in [0.3, 0.4) is 0 Å². The molecule has 1 aromatic rings. The molecule has 0 aliphatic rings. The highest BCUT2D eigenvalue weighted by Crippen LogP contribution is 2.40. The van der Waals surface area contributed by atoms with Gasteiger partial charge >= 0.3 is 12.4 Å². The number of benzene rings is 1. The number of rotatable bonds is 1. The molecule has 0 bridgehead atoms. The molecule has 0 aliphatic heterocycles. The molecule has 0 saturated heterocycles. The Morgan fingerprint density at radius 3 is 1.47 bits per heavy atom. The minimum atomic E-state index is -5.19. The van der Waals surface area contributed by atoms with Gasteiger partial charge in [-0.05, 0) is 24.6 Å². The zero-order valence-electron chi connectivity index (χ0n) is 9.09. The van der Waals surface area contributed by atoms with Crippen molar-refractivity contribution in [1.82, 2.24) is 0 Å². The van der Waals surface area contributed by atoms with Crippen molar-refractivity contribution in [3.63, 3.8) is 0 Å². The van der Waals surface area contributed by atoms with Crippen molar-refractivity contribution in [2.45, 2.75) is 24.2 Å². The highest BCUT2D eigenvalue weighted by Gasteiger charge is 2.40. The van der Waals surface area contributed by atoms with E-state index in [2.05, 4.69) is 0 Å². The van der Waals surface area contributed by atoms with Gasteiger partial charge in [-0.25, -0.2) is 0 Å². The molecule has 3 nitrogen and oxygen atoms in total. The molecule has 0 heterocycles. The quantitative estimate of drug-likeness (QED) is 0.640. The van der Waals surface area contributed by atoms with Crippen LogP contribution in [-0.2, 0) is 22.5 Å². The normalized spacial score (nSPS) is 13.7. The van der Waals surface area contributed by atoms with Gasteiger partial charge in [-0.1, -0.05) is 0 Å². The van der Waals surface area contributed by atoms with Crippen LogP contribution in [0.4, 0.5) is 26.3 Å². The summed E-state index contributed by atoms with van der Waals surface area (Å²) in [6, 6.07) is -0.0835. The molecule has 0 aliphatic carbocycles. The predicted molar refractivity (Wildman–Crippen MR) is 51.0 cm³/mol. The summed E-state index contributed by atoms with van der Waals surface area (Å²) < 4.78 is 105. The van der Waals surface area contributed by atoms with Crippen molar-refractivity contribution in [3.05, 3.63) is 28.8 Å². The molecule has 19 heavy (non-hydrogen) atoms. The Kier molecular flexibility index (Phi) is 3.63. The monoisotopic (exact) mass is 308 g/mol. The molecule has 0 fully saturated rings. The van der Waals surface area contributed by atoms with E-state index < -0.39 is 44.1 Å². The first kappa shape index (κ1) is 15.8. The van der Waals surface area contributed by atoms with Gasteiger partial charge in [0.05, 0.1) is 16.0 Å². The maximum absolute atomic E-state index is 12.5. The summed E-state index contributed by atoms with van der Waals surface area (Å²) in [4.78, 5) is -1.46. The first-order valence-corrected chi connectivity index (χ1v) is 5.95. The summed E-state index contributed by atoms with van der Waals surface area (Å²) in [5.41, 5.74) is -4.70. The van der Waals surface area contributed by atoms with Crippen LogP contribution in [0.2, 0.25) is 0 Å². The van der Waals surface area contributed by atoms with Crippen molar-refractivity contribution >= 4 is 10.1 Å². The smallest absolute Gasteiger partial charge is 0.282 e. The minimum absolute atomic E-state index is 0.0418. The highest BCUT2D eigenvalue weighted by molar-refractivity contribution is 7.85. The number of halogens is 6. The predicted octanol–water partition coefficient (Wildman–Crippen LogP) is 3.28. The van der Waals surface area contributed by atoms with E-state index >= 15 is 0 Å². The van der Waals surface area contributed by atoms with E-state index in [0.29, 0.717) is 6.92 Å². The third kappa shape index (κ3) is 3.38. The van der Waals surface area contributed by atoms with E-state index in [4.69, 9.17) is 4.55 Å². The fraction of sp³-hybridized carbons (Fsp3) is 0.333. The molecule has 0 aromatic heterocycles. The SMILES string of the molecule is Cc1c(C(F)(F)F)cc(S(=O)(=O)O)cc1C(F)(F)F. The van der Waals surface area contributed by atoms with Gasteiger partial charge in [-0.15, -0.1) is 0 Å². The van der Waals surface area contributed by atoms with Crippen molar-refractivity contribution in [2.75, 3.05) is 0 Å². The first-order valence-electron chi connectivity index (χ1n) is 4.51. The molecule has 0 saturated carbocycles. The highest BCUT2D eigenvalue weighted by atomic mass is 32.2. The van der Waals surface area contributed by atoms with E-state index in [9.17, 15) is 34.8 Å². The molecule has 0 amide bonds. The van der Waals surface area contributed by atoms with Gasteiger partial charge in [0.15, 0.2) is 0 Å². The lowest BCUT2D eigenvalue weighted by Crippen LogP contribution is -2.16. The molecule has 1 rings (SSSR count). The Hall–Kier alpha value is -1.29. The summed E-state index contributed by atoms with van der Waals surface area (Å²) in [5.74, 6) is 0. The van der Waals surface area contributed by atoms with E-state index in [-0.39, 0.29) is 12.1 Å². The van der Waals surface area contributed by atoms with Crippen LogP contribution >= 0.6 is 0 Å². The second-order valence-electron chi connectivity index (χ2n) is 3.61. The number of hydrogen-bond acceptors (Lipinski definition) is 2. The van der Waals surface area contributed by atoms with Gasteiger partial charge in [0.2, 0.25) is 0 Å². The molecule has 10 heteroatoms. The minimum Gasteiger partial charge on any atom is -0.282 e. The van der Waals surface area contributed by atoms with Crippen LogP contribution in [-0.4, -0.2) is 13.0 Å². The topological polar surface area (TPSA) is 54.4 Å². The third-order valence-electron chi connectivity index (χ3n) is 2.29. The molecule has 1 aromatic carbocycles. The lowest BCUT2D eigenvalue weighted by Gasteiger charge is -2.17. The first-order chi connectivity index (χ1) is 8.24. The Labute approximate surface area is 103 Å². The number of hydrogen-bond donors (Lipinski definition) is 1. The summed E-state index contributed by atoms with van der Waals surface area (Å²) >= 11 is 0. The molecule has 0 atom stereocenters. The van der Waals surface area contributed by atoms with Crippen LogP contribution in [0.25, 0.3) is 0 Å². The molecular weight excluding hydrogens is 302 g/mol. The van der Waals surface area contributed by atoms with Crippen molar-refractivity contribution in [1.29, 1.82) is 0 Å². The molecule has 0 unspecified atom stereocenters.